The molecule has 0 atom stereocenters. The molecular weight excluding hydrogens is 420 g/mol. The van der Waals surface area contributed by atoms with Crippen molar-refractivity contribution in [3.8, 4) is 11.5 Å². The fourth-order valence-corrected chi connectivity index (χ4v) is 3.80. The zero-order valence-corrected chi connectivity index (χ0v) is 19.4. The molecule has 0 bridgehead atoms. The van der Waals surface area contributed by atoms with Crippen LogP contribution in [0, 0.1) is 0 Å². The van der Waals surface area contributed by atoms with Crippen molar-refractivity contribution in [2.45, 2.75) is 45.8 Å². The normalized spacial score (nSPS) is 11.2. The molecule has 4 aromatic rings. The molecule has 0 aliphatic rings. The molecule has 0 amide bonds. The monoisotopic (exact) mass is 448 g/mol. The van der Waals surface area contributed by atoms with Crippen molar-refractivity contribution in [1.82, 2.24) is 9.55 Å². The van der Waals surface area contributed by atoms with E-state index in [-0.39, 0.29) is 0 Å². The maximum absolute atomic E-state index is 6.07. The van der Waals surface area contributed by atoms with E-state index in [2.05, 4.69) is 48.7 Å². The highest BCUT2D eigenvalue weighted by atomic mass is 35.5. The Balaban J connectivity index is 1.37. The number of benzene rings is 3. The van der Waals surface area contributed by atoms with Crippen molar-refractivity contribution in [2.75, 3.05) is 6.61 Å². The number of hydrogen-bond donors (Lipinski definition) is 0. The van der Waals surface area contributed by atoms with Gasteiger partial charge in [0.05, 0.1) is 17.6 Å². The van der Waals surface area contributed by atoms with Gasteiger partial charge in [-0.05, 0) is 72.9 Å². The predicted octanol–water partition coefficient (Wildman–Crippen LogP) is 7.25. The summed E-state index contributed by atoms with van der Waals surface area (Å²) in [5, 5.41) is 0.718. The largest absolute Gasteiger partial charge is 0.494 e. The van der Waals surface area contributed by atoms with Crippen LogP contribution in [0.1, 0.15) is 44.0 Å². The highest BCUT2D eigenvalue weighted by Gasteiger charge is 2.11. The molecular formula is C27H29ClN2O2. The lowest BCUT2D eigenvalue weighted by molar-refractivity contribution is 0.285. The number of hydrogen-bond acceptors (Lipinski definition) is 3. The van der Waals surface area contributed by atoms with Crippen LogP contribution in [0.4, 0.5) is 0 Å². The molecule has 4 rings (SSSR count). The first-order valence-corrected chi connectivity index (χ1v) is 11.5. The molecule has 0 aliphatic carbocycles. The van der Waals surface area contributed by atoms with Crippen LogP contribution >= 0.6 is 11.6 Å². The first-order chi connectivity index (χ1) is 15.6. The lowest BCUT2D eigenvalue weighted by Gasteiger charge is -2.12. The van der Waals surface area contributed by atoms with Gasteiger partial charge < -0.3 is 14.0 Å². The zero-order chi connectivity index (χ0) is 22.3. The van der Waals surface area contributed by atoms with Crippen molar-refractivity contribution in [3.63, 3.8) is 0 Å². The van der Waals surface area contributed by atoms with Gasteiger partial charge in [-0.3, -0.25) is 0 Å². The molecule has 0 N–H and O–H groups in total. The van der Waals surface area contributed by atoms with Gasteiger partial charge in [0.1, 0.15) is 23.9 Å². The average Bonchev–Trinajstić information content (AvgIpc) is 3.16. The lowest BCUT2D eigenvalue weighted by atomic mass is 10.0. The van der Waals surface area contributed by atoms with Crippen molar-refractivity contribution in [1.29, 1.82) is 0 Å². The fourth-order valence-electron chi connectivity index (χ4n) is 3.67. The summed E-state index contributed by atoms with van der Waals surface area (Å²) in [5.41, 5.74) is 3.45. The molecule has 0 saturated heterocycles. The molecule has 1 heterocycles. The van der Waals surface area contributed by atoms with E-state index in [0.29, 0.717) is 19.1 Å². The summed E-state index contributed by atoms with van der Waals surface area (Å²) in [6.45, 7) is 6.37. The van der Waals surface area contributed by atoms with Gasteiger partial charge in [0.15, 0.2) is 0 Å². The molecule has 0 radical (unpaired) electrons. The van der Waals surface area contributed by atoms with Gasteiger partial charge in [-0.1, -0.05) is 49.7 Å². The van der Waals surface area contributed by atoms with Crippen LogP contribution in [0.15, 0.2) is 72.8 Å². The number of imidazole rings is 1. The summed E-state index contributed by atoms with van der Waals surface area (Å²) in [6, 6.07) is 24.1. The molecule has 1 aromatic heterocycles. The van der Waals surface area contributed by atoms with Gasteiger partial charge in [-0.2, -0.15) is 0 Å². The molecule has 3 aromatic carbocycles. The second-order valence-electron chi connectivity index (χ2n) is 8.19. The molecule has 5 heteroatoms. The van der Waals surface area contributed by atoms with Crippen molar-refractivity contribution >= 4 is 22.6 Å². The summed E-state index contributed by atoms with van der Waals surface area (Å²) in [7, 11) is 0. The first kappa shape index (κ1) is 22.2. The number of para-hydroxylation sites is 2. The van der Waals surface area contributed by atoms with E-state index in [0.717, 1.165) is 52.8 Å². The molecule has 0 aliphatic heterocycles. The van der Waals surface area contributed by atoms with E-state index < -0.39 is 0 Å². The molecule has 0 unspecified atom stereocenters. The highest BCUT2D eigenvalue weighted by Crippen LogP contribution is 2.22. The maximum Gasteiger partial charge on any atom is 0.147 e. The van der Waals surface area contributed by atoms with E-state index in [4.69, 9.17) is 26.1 Å². The number of ether oxygens (including phenoxy) is 2. The summed E-state index contributed by atoms with van der Waals surface area (Å²) in [6.07, 6.45) is 1.94. The molecule has 0 spiro atoms. The Bertz CT molecular complexity index is 1130. The third-order valence-electron chi connectivity index (χ3n) is 5.51. The number of nitrogens with zero attached hydrogens (tertiary/aromatic N) is 2. The standard InChI is InChI=1S/C27H29ClN2O2/c1-20(2)21-9-13-24(14-10-21)32-19-27-29-25-7-3-4-8-26(25)30(27)17-5-6-18-31-23-15-11-22(28)12-16-23/h3-4,7-16,20H,5-6,17-19H2,1-2H3. The Morgan fingerprint density at radius 3 is 2.28 bits per heavy atom. The topological polar surface area (TPSA) is 36.3 Å². The smallest absolute Gasteiger partial charge is 0.147 e. The Labute approximate surface area is 194 Å². The van der Waals surface area contributed by atoms with E-state index in [9.17, 15) is 0 Å². The first-order valence-electron chi connectivity index (χ1n) is 11.2. The van der Waals surface area contributed by atoms with Gasteiger partial charge in [-0.25, -0.2) is 4.98 Å². The number of aryl methyl sites for hydroxylation is 1. The van der Waals surface area contributed by atoms with Crippen LogP contribution in [0.2, 0.25) is 5.02 Å². The lowest BCUT2D eigenvalue weighted by Crippen LogP contribution is -2.09. The number of fused-ring (bicyclic) bond motifs is 1. The fraction of sp³-hybridized carbons (Fsp3) is 0.296. The van der Waals surface area contributed by atoms with Gasteiger partial charge in [0.2, 0.25) is 0 Å². The summed E-state index contributed by atoms with van der Waals surface area (Å²) in [5.74, 6) is 3.17. The molecule has 166 valence electrons. The van der Waals surface area contributed by atoms with E-state index in [1.807, 2.05) is 42.5 Å². The number of unbranched alkanes of at least 4 members (excludes halogenated alkanes) is 1. The van der Waals surface area contributed by atoms with Gasteiger partial charge in [0.25, 0.3) is 0 Å². The minimum atomic E-state index is 0.441. The predicted molar refractivity (Wildman–Crippen MR) is 131 cm³/mol. The summed E-state index contributed by atoms with van der Waals surface area (Å²) in [4.78, 5) is 4.82. The molecule has 0 fully saturated rings. The zero-order valence-electron chi connectivity index (χ0n) is 18.6. The Kier molecular flexibility index (Phi) is 7.33. The Hall–Kier alpha value is -2.98. The van der Waals surface area contributed by atoms with Gasteiger partial charge >= 0.3 is 0 Å². The van der Waals surface area contributed by atoms with Gasteiger partial charge in [-0.15, -0.1) is 0 Å². The third-order valence-corrected chi connectivity index (χ3v) is 5.76. The molecule has 0 saturated carbocycles. The number of aromatic nitrogens is 2. The molecule has 32 heavy (non-hydrogen) atoms. The maximum atomic E-state index is 6.07. The number of rotatable bonds is 10. The quantitative estimate of drug-likeness (QED) is 0.240. The third kappa shape index (κ3) is 5.63. The van der Waals surface area contributed by atoms with E-state index >= 15 is 0 Å². The summed E-state index contributed by atoms with van der Waals surface area (Å²) < 4.78 is 14.2. The van der Waals surface area contributed by atoms with Crippen LogP contribution in [-0.2, 0) is 13.2 Å². The van der Waals surface area contributed by atoms with Crippen molar-refractivity contribution < 1.29 is 9.47 Å². The SMILES string of the molecule is CC(C)c1ccc(OCc2nc3ccccc3n2CCCCOc2ccc(Cl)cc2)cc1. The van der Waals surface area contributed by atoms with Crippen molar-refractivity contribution in [2.24, 2.45) is 0 Å². The van der Waals surface area contributed by atoms with Crippen LogP contribution in [0.5, 0.6) is 11.5 Å². The Morgan fingerprint density at radius 2 is 1.53 bits per heavy atom. The minimum Gasteiger partial charge on any atom is -0.494 e. The second kappa shape index (κ2) is 10.6. The number of halogens is 1. The highest BCUT2D eigenvalue weighted by molar-refractivity contribution is 6.30. The van der Waals surface area contributed by atoms with E-state index in [1.165, 1.54) is 5.56 Å². The van der Waals surface area contributed by atoms with E-state index in [1.54, 1.807) is 0 Å². The Morgan fingerprint density at radius 1 is 0.844 bits per heavy atom. The van der Waals surface area contributed by atoms with Crippen LogP contribution in [0.25, 0.3) is 11.0 Å². The van der Waals surface area contributed by atoms with Crippen LogP contribution < -0.4 is 9.47 Å². The summed E-state index contributed by atoms with van der Waals surface area (Å²) >= 11 is 5.92. The molecule has 4 nitrogen and oxygen atoms in total. The minimum absolute atomic E-state index is 0.441. The van der Waals surface area contributed by atoms with Gasteiger partial charge in [0, 0.05) is 11.6 Å². The van der Waals surface area contributed by atoms with Crippen LogP contribution in [0.3, 0.4) is 0 Å². The van der Waals surface area contributed by atoms with Crippen LogP contribution in [-0.4, -0.2) is 16.2 Å². The second-order valence-corrected chi connectivity index (χ2v) is 8.63. The van der Waals surface area contributed by atoms with Crippen molar-refractivity contribution in [3.05, 3.63) is 89.2 Å². The average molecular weight is 449 g/mol.